The number of morpholine rings is 1. The standard InChI is InChI=1S/C19H28N4O3/c1-21-6-8-23(9-7-21)19(25)15-20-18(24)14-16-2-4-17(5-3-16)22-10-12-26-13-11-22/h2-5H,6-15H2,1H3,(H,20,24). The van der Waals surface area contributed by atoms with Gasteiger partial charge in [0.15, 0.2) is 0 Å². The Hall–Kier alpha value is -2.12. The van der Waals surface area contributed by atoms with Gasteiger partial charge in [-0.1, -0.05) is 12.1 Å². The number of piperazine rings is 1. The maximum atomic E-state index is 12.2. The molecule has 2 fully saturated rings. The summed E-state index contributed by atoms with van der Waals surface area (Å²) in [5.41, 5.74) is 2.11. The Labute approximate surface area is 154 Å². The number of nitrogens with zero attached hydrogens (tertiary/aromatic N) is 3. The summed E-state index contributed by atoms with van der Waals surface area (Å²) < 4.78 is 5.36. The Balaban J connectivity index is 1.42. The zero-order chi connectivity index (χ0) is 18.4. The first kappa shape index (κ1) is 18.7. The van der Waals surface area contributed by atoms with Crippen LogP contribution in [0.5, 0.6) is 0 Å². The summed E-state index contributed by atoms with van der Waals surface area (Å²) in [7, 11) is 2.05. The largest absolute Gasteiger partial charge is 0.378 e. The molecule has 0 bridgehead atoms. The fourth-order valence-corrected chi connectivity index (χ4v) is 3.24. The SMILES string of the molecule is CN1CCN(C(=O)CNC(=O)Cc2ccc(N3CCOCC3)cc2)CC1. The molecule has 0 atom stereocenters. The van der Waals surface area contributed by atoms with Crippen molar-refractivity contribution in [3.05, 3.63) is 29.8 Å². The first-order valence-electron chi connectivity index (χ1n) is 9.26. The first-order chi connectivity index (χ1) is 12.6. The van der Waals surface area contributed by atoms with E-state index in [0.29, 0.717) is 6.42 Å². The second-order valence-electron chi connectivity index (χ2n) is 6.90. The number of hydrogen-bond donors (Lipinski definition) is 1. The van der Waals surface area contributed by atoms with E-state index in [4.69, 9.17) is 4.74 Å². The number of amides is 2. The quantitative estimate of drug-likeness (QED) is 0.798. The first-order valence-corrected chi connectivity index (χ1v) is 9.26. The number of anilines is 1. The molecule has 3 rings (SSSR count). The van der Waals surface area contributed by atoms with Gasteiger partial charge >= 0.3 is 0 Å². The Kier molecular flexibility index (Phi) is 6.46. The number of ether oxygens (including phenoxy) is 1. The number of rotatable bonds is 5. The van der Waals surface area contributed by atoms with Crippen LogP contribution in [-0.2, 0) is 20.7 Å². The fraction of sp³-hybridized carbons (Fsp3) is 0.579. The van der Waals surface area contributed by atoms with Crippen molar-refractivity contribution in [1.29, 1.82) is 0 Å². The summed E-state index contributed by atoms with van der Waals surface area (Å²) >= 11 is 0. The van der Waals surface area contributed by atoms with Crippen LogP contribution in [0.3, 0.4) is 0 Å². The second-order valence-corrected chi connectivity index (χ2v) is 6.90. The number of carbonyl (C=O) groups is 2. The van der Waals surface area contributed by atoms with Crippen molar-refractivity contribution in [3.8, 4) is 0 Å². The van der Waals surface area contributed by atoms with E-state index in [2.05, 4.69) is 15.1 Å². The van der Waals surface area contributed by atoms with Gasteiger partial charge in [0.05, 0.1) is 26.2 Å². The zero-order valence-corrected chi connectivity index (χ0v) is 15.4. The van der Waals surface area contributed by atoms with Crippen LogP contribution >= 0.6 is 0 Å². The Morgan fingerprint density at radius 3 is 2.31 bits per heavy atom. The van der Waals surface area contributed by atoms with Gasteiger partial charge in [0, 0.05) is 45.0 Å². The van der Waals surface area contributed by atoms with Gasteiger partial charge in [-0.05, 0) is 24.7 Å². The number of benzene rings is 1. The van der Waals surface area contributed by atoms with E-state index >= 15 is 0 Å². The van der Waals surface area contributed by atoms with E-state index in [1.54, 1.807) is 0 Å². The molecule has 0 spiro atoms. The molecule has 7 nitrogen and oxygen atoms in total. The van der Waals surface area contributed by atoms with Gasteiger partial charge in [-0.3, -0.25) is 9.59 Å². The molecule has 0 aromatic heterocycles. The predicted octanol–water partition coefficient (Wildman–Crippen LogP) is -0.0441. The van der Waals surface area contributed by atoms with Crippen molar-refractivity contribution in [2.45, 2.75) is 6.42 Å². The highest BCUT2D eigenvalue weighted by molar-refractivity contribution is 5.85. The lowest BCUT2D eigenvalue weighted by Gasteiger charge is -2.32. The lowest BCUT2D eigenvalue weighted by atomic mass is 10.1. The number of carbonyl (C=O) groups excluding carboxylic acids is 2. The summed E-state index contributed by atoms with van der Waals surface area (Å²) in [5, 5.41) is 2.75. The van der Waals surface area contributed by atoms with Crippen LogP contribution < -0.4 is 10.2 Å². The highest BCUT2D eigenvalue weighted by Crippen LogP contribution is 2.16. The summed E-state index contributed by atoms with van der Waals surface area (Å²) in [5.74, 6) is -0.124. The number of hydrogen-bond acceptors (Lipinski definition) is 5. The van der Waals surface area contributed by atoms with Crippen LogP contribution in [0.2, 0.25) is 0 Å². The Bertz CT molecular complexity index is 606. The van der Waals surface area contributed by atoms with Gasteiger partial charge in [-0.25, -0.2) is 0 Å². The van der Waals surface area contributed by atoms with Gasteiger partial charge in [0.1, 0.15) is 0 Å². The number of nitrogens with one attached hydrogen (secondary N) is 1. The summed E-state index contributed by atoms with van der Waals surface area (Å²) in [4.78, 5) is 30.6. The maximum absolute atomic E-state index is 12.2. The molecule has 2 aliphatic heterocycles. The lowest BCUT2D eigenvalue weighted by Crippen LogP contribution is -2.50. The third kappa shape index (κ3) is 5.19. The molecule has 2 heterocycles. The van der Waals surface area contributed by atoms with E-state index in [0.717, 1.165) is 63.7 Å². The third-order valence-corrected chi connectivity index (χ3v) is 4.97. The normalized spacial score (nSPS) is 18.7. The average Bonchev–Trinajstić information content (AvgIpc) is 2.68. The molecule has 7 heteroatoms. The lowest BCUT2D eigenvalue weighted by molar-refractivity contribution is -0.134. The molecule has 0 unspecified atom stereocenters. The Morgan fingerprint density at radius 2 is 1.65 bits per heavy atom. The highest BCUT2D eigenvalue weighted by atomic mass is 16.5. The summed E-state index contributed by atoms with van der Waals surface area (Å²) in [6.07, 6.45) is 0.291. The minimum Gasteiger partial charge on any atom is -0.378 e. The molecule has 0 radical (unpaired) electrons. The zero-order valence-electron chi connectivity index (χ0n) is 15.4. The van der Waals surface area contributed by atoms with Gasteiger partial charge in [0.25, 0.3) is 0 Å². The van der Waals surface area contributed by atoms with Crippen molar-refractivity contribution in [1.82, 2.24) is 15.1 Å². The van der Waals surface area contributed by atoms with Crippen molar-refractivity contribution < 1.29 is 14.3 Å². The van der Waals surface area contributed by atoms with Crippen LogP contribution in [0.4, 0.5) is 5.69 Å². The molecule has 2 saturated heterocycles. The molecule has 0 saturated carbocycles. The van der Waals surface area contributed by atoms with Gasteiger partial charge < -0.3 is 24.8 Å². The molecule has 1 aromatic rings. The molecular weight excluding hydrogens is 332 g/mol. The summed E-state index contributed by atoms with van der Waals surface area (Å²) in [6, 6.07) is 8.05. The van der Waals surface area contributed by atoms with Crippen LogP contribution in [0.25, 0.3) is 0 Å². The van der Waals surface area contributed by atoms with Crippen molar-refractivity contribution >= 4 is 17.5 Å². The van der Waals surface area contributed by atoms with Crippen molar-refractivity contribution in [2.24, 2.45) is 0 Å². The van der Waals surface area contributed by atoms with E-state index in [1.165, 1.54) is 0 Å². The van der Waals surface area contributed by atoms with E-state index in [1.807, 2.05) is 36.2 Å². The van der Waals surface area contributed by atoms with E-state index in [9.17, 15) is 9.59 Å². The highest BCUT2D eigenvalue weighted by Gasteiger charge is 2.19. The third-order valence-electron chi connectivity index (χ3n) is 4.97. The molecule has 26 heavy (non-hydrogen) atoms. The minimum atomic E-state index is -0.119. The molecule has 1 N–H and O–H groups in total. The summed E-state index contributed by atoms with van der Waals surface area (Å²) in [6.45, 7) is 6.61. The Morgan fingerprint density at radius 1 is 1.00 bits per heavy atom. The van der Waals surface area contributed by atoms with E-state index in [-0.39, 0.29) is 18.4 Å². The number of likely N-dealkylation sites (N-methyl/N-ethyl adjacent to an activating group) is 1. The molecule has 0 aliphatic carbocycles. The van der Waals surface area contributed by atoms with Crippen molar-refractivity contribution in [2.75, 3.05) is 71.0 Å². The monoisotopic (exact) mass is 360 g/mol. The molecule has 142 valence electrons. The second kappa shape index (κ2) is 9.00. The van der Waals surface area contributed by atoms with Gasteiger partial charge in [-0.15, -0.1) is 0 Å². The van der Waals surface area contributed by atoms with Gasteiger partial charge in [0.2, 0.25) is 11.8 Å². The minimum absolute atomic E-state index is 0.00545. The topological polar surface area (TPSA) is 65.1 Å². The fourth-order valence-electron chi connectivity index (χ4n) is 3.24. The average molecular weight is 360 g/mol. The molecule has 1 aromatic carbocycles. The smallest absolute Gasteiger partial charge is 0.242 e. The predicted molar refractivity (Wildman–Crippen MR) is 100 cm³/mol. The molecule has 2 amide bonds. The van der Waals surface area contributed by atoms with Crippen LogP contribution in [0.1, 0.15) is 5.56 Å². The van der Waals surface area contributed by atoms with Crippen molar-refractivity contribution in [3.63, 3.8) is 0 Å². The van der Waals surface area contributed by atoms with E-state index < -0.39 is 0 Å². The molecule has 2 aliphatic rings. The maximum Gasteiger partial charge on any atom is 0.242 e. The van der Waals surface area contributed by atoms with Crippen LogP contribution in [0, 0.1) is 0 Å². The molecular formula is C19H28N4O3. The van der Waals surface area contributed by atoms with Crippen LogP contribution in [-0.4, -0.2) is 87.7 Å². The van der Waals surface area contributed by atoms with Crippen LogP contribution in [0.15, 0.2) is 24.3 Å². The van der Waals surface area contributed by atoms with Gasteiger partial charge in [-0.2, -0.15) is 0 Å².